The summed E-state index contributed by atoms with van der Waals surface area (Å²) >= 11 is 0. The molecule has 2 aromatic heterocycles. The number of carbonyl (C=O) groups excluding carboxylic acids is 4. The lowest BCUT2D eigenvalue weighted by molar-refractivity contribution is -0.141. The van der Waals surface area contributed by atoms with Gasteiger partial charge in [-0.15, -0.1) is 0 Å². The summed E-state index contributed by atoms with van der Waals surface area (Å²) < 4.78 is 42.5. The number of benzene rings is 2. The van der Waals surface area contributed by atoms with Crippen LogP contribution in [0.25, 0.3) is 28.1 Å². The second-order valence-corrected chi connectivity index (χ2v) is 18.5. The molecule has 3 N–H and O–H groups in total. The molecule has 0 radical (unpaired) electrons. The molecule has 0 bridgehead atoms. The Hall–Kier alpha value is -5.51. The van der Waals surface area contributed by atoms with Gasteiger partial charge in [0.25, 0.3) is 5.91 Å². The second kappa shape index (κ2) is 15.9. The fourth-order valence-electron chi connectivity index (χ4n) is 8.82. The summed E-state index contributed by atoms with van der Waals surface area (Å²) in [7, 11) is -3.90. The van der Waals surface area contributed by atoms with Gasteiger partial charge in [0.15, 0.2) is 0 Å². The van der Waals surface area contributed by atoms with Crippen LogP contribution in [0.15, 0.2) is 72.8 Å². The van der Waals surface area contributed by atoms with E-state index in [9.17, 15) is 27.6 Å². The summed E-state index contributed by atoms with van der Waals surface area (Å²) in [6, 6.07) is 16.9. The smallest absolute Gasteiger partial charge is 0.408 e. The number of allylic oxidation sites excluding steroid dienone is 1. The van der Waals surface area contributed by atoms with E-state index in [4.69, 9.17) is 19.4 Å². The molecule has 310 valence electrons. The van der Waals surface area contributed by atoms with Crippen LogP contribution in [0.1, 0.15) is 83.5 Å². The van der Waals surface area contributed by atoms with Crippen LogP contribution in [0.5, 0.6) is 5.88 Å². The molecule has 1 saturated heterocycles. The van der Waals surface area contributed by atoms with Crippen molar-refractivity contribution in [2.45, 2.75) is 119 Å². The Balaban J connectivity index is 1.05. The fraction of sp³-hybridized carbons (Fsp3) is 0.488. The summed E-state index contributed by atoms with van der Waals surface area (Å²) in [5.41, 5.74) is 1.43. The number of rotatable bonds is 8. The monoisotopic (exact) mass is 823 g/mol. The molecule has 0 spiro atoms. The molecule has 15 nitrogen and oxygen atoms in total. The lowest BCUT2D eigenvalue weighted by Gasteiger charge is -2.30. The maximum atomic E-state index is 14.8. The van der Waals surface area contributed by atoms with Gasteiger partial charge in [0, 0.05) is 24.0 Å². The lowest BCUT2D eigenvalue weighted by atomic mass is 10.0. The van der Waals surface area contributed by atoms with Crippen LogP contribution in [0.3, 0.4) is 0 Å². The van der Waals surface area contributed by atoms with E-state index in [-0.39, 0.29) is 25.5 Å². The first-order valence-electron chi connectivity index (χ1n) is 20.9. The molecular formula is C43H49N7O8S. The molecule has 2 aromatic carbocycles. The molecule has 4 aromatic rings. The van der Waals surface area contributed by atoms with Crippen LogP contribution in [-0.4, -0.2) is 93.1 Å². The van der Waals surface area contributed by atoms with Gasteiger partial charge in [0.2, 0.25) is 33.5 Å². The van der Waals surface area contributed by atoms with Gasteiger partial charge in [-0.05, 0) is 76.3 Å². The third-order valence-corrected chi connectivity index (χ3v) is 14.1. The van der Waals surface area contributed by atoms with Crippen molar-refractivity contribution >= 4 is 50.6 Å². The highest BCUT2D eigenvalue weighted by atomic mass is 32.2. The van der Waals surface area contributed by atoms with Crippen molar-refractivity contribution in [2.24, 2.45) is 5.92 Å². The molecule has 5 atom stereocenters. The summed E-state index contributed by atoms with van der Waals surface area (Å²) in [6.07, 6.45) is 10.2. The van der Waals surface area contributed by atoms with Crippen molar-refractivity contribution in [3.8, 4) is 17.1 Å². The highest BCUT2D eigenvalue weighted by Gasteiger charge is 2.62. The molecule has 1 unspecified atom stereocenters. The number of sulfonamides is 1. The number of fused-ring (bicyclic) bond motifs is 5. The van der Waals surface area contributed by atoms with Gasteiger partial charge in [-0.1, -0.05) is 67.5 Å². The summed E-state index contributed by atoms with van der Waals surface area (Å²) in [5.74, 6) is -1.47. The van der Waals surface area contributed by atoms with Gasteiger partial charge in [-0.3, -0.25) is 19.1 Å². The fourth-order valence-corrected chi connectivity index (χ4v) is 10.2. The molecule has 2 aliphatic heterocycles. The second-order valence-electron chi connectivity index (χ2n) is 16.6. The summed E-state index contributed by atoms with van der Waals surface area (Å²) in [5, 5.41) is 5.14. The Morgan fingerprint density at radius 1 is 0.881 bits per heavy atom. The van der Waals surface area contributed by atoms with Crippen LogP contribution < -0.4 is 20.1 Å². The predicted molar refractivity (Wildman–Crippen MR) is 217 cm³/mol. The van der Waals surface area contributed by atoms with Crippen molar-refractivity contribution in [3.63, 3.8) is 0 Å². The van der Waals surface area contributed by atoms with E-state index in [1.54, 1.807) is 0 Å². The number of aromatic nitrogens is 3. The Labute approximate surface area is 342 Å². The molecule has 9 rings (SSSR count). The van der Waals surface area contributed by atoms with Crippen LogP contribution in [0.4, 0.5) is 4.79 Å². The minimum Gasteiger partial charge on any atom is -0.473 e. The zero-order chi connectivity index (χ0) is 40.7. The molecule has 3 aliphatic carbocycles. The highest BCUT2D eigenvalue weighted by molar-refractivity contribution is 7.91. The number of carbonyl (C=O) groups is 4. The molecule has 59 heavy (non-hydrogen) atoms. The first kappa shape index (κ1) is 39.0. The lowest BCUT2D eigenvalue weighted by Crippen LogP contribution is -2.58. The maximum absolute atomic E-state index is 14.8. The van der Waals surface area contributed by atoms with Crippen molar-refractivity contribution in [1.29, 1.82) is 0 Å². The number of para-hydroxylation sites is 2. The predicted octanol–water partition coefficient (Wildman–Crippen LogP) is 4.94. The van der Waals surface area contributed by atoms with E-state index >= 15 is 0 Å². The standard InChI is InChI=1S/C43H49N7O8S/c51-38-36-23-30(57-37-24-34(27-13-5-4-6-14-27)45-41-44-32-18-11-12-20-35(32)50(37)41)26-49(36)39(52)33(46-42(54)58-29-16-9-10-17-29)19-8-3-1-2-7-15-28-25-43(28,47-38)40(53)48-59(55,56)31-21-22-31/h4-7,11-15,18,20,24,28-31,33,36H,1-3,8-10,16-17,19,21-23,25-26H2,(H,46,54)(H,47,51)(H,48,53)/b15-7-/t28-,30-,33?,36+,43-/m1/s1. The zero-order valence-electron chi connectivity index (χ0n) is 32.8. The SMILES string of the molecule is O=C(NC1CCCCC/C=C\[C@@H]2C[C@@]2(C(=O)NS(=O)(=O)C2CC2)NC(=O)[C@@H]2C[C@@H](Oc3cc(-c4ccccc4)nc4nc5ccccc5n34)CN2C1=O)OC1CCCC1. The molecular weight excluding hydrogens is 775 g/mol. The van der Waals surface area contributed by atoms with Crippen LogP contribution in [-0.2, 0) is 29.1 Å². The number of alkyl carbamates (subject to hydrolysis) is 1. The van der Waals surface area contributed by atoms with E-state index < -0.39 is 68.7 Å². The van der Waals surface area contributed by atoms with E-state index in [1.807, 2.05) is 77.2 Å². The number of hydrogen-bond donors (Lipinski definition) is 3. The van der Waals surface area contributed by atoms with Crippen LogP contribution in [0, 0.1) is 5.92 Å². The topological polar surface area (TPSA) is 190 Å². The molecule has 4 heterocycles. The number of imidazole rings is 1. The van der Waals surface area contributed by atoms with Gasteiger partial charge in [-0.2, -0.15) is 0 Å². The summed E-state index contributed by atoms with van der Waals surface area (Å²) in [6.45, 7) is -0.0114. The van der Waals surface area contributed by atoms with Crippen molar-refractivity contribution in [2.75, 3.05) is 6.54 Å². The number of hydrogen-bond acceptors (Lipinski definition) is 10. The van der Waals surface area contributed by atoms with Crippen molar-refractivity contribution in [1.82, 2.24) is 34.6 Å². The van der Waals surface area contributed by atoms with Gasteiger partial charge in [-0.25, -0.2) is 27.6 Å². The quantitative estimate of drug-likeness (QED) is 0.205. The third-order valence-electron chi connectivity index (χ3n) is 12.3. The minimum atomic E-state index is -3.90. The van der Waals surface area contributed by atoms with E-state index in [2.05, 4.69) is 15.4 Å². The molecule has 3 saturated carbocycles. The maximum Gasteiger partial charge on any atom is 0.408 e. The first-order valence-corrected chi connectivity index (χ1v) is 22.5. The van der Waals surface area contributed by atoms with E-state index in [0.717, 1.165) is 49.6 Å². The van der Waals surface area contributed by atoms with Crippen LogP contribution in [0.2, 0.25) is 0 Å². The number of nitrogens with one attached hydrogen (secondary N) is 3. The minimum absolute atomic E-state index is 0.0114. The number of ether oxygens (including phenoxy) is 2. The van der Waals surface area contributed by atoms with Gasteiger partial charge in [0.1, 0.15) is 29.8 Å². The highest BCUT2D eigenvalue weighted by Crippen LogP contribution is 2.46. The van der Waals surface area contributed by atoms with Gasteiger partial charge >= 0.3 is 6.09 Å². The third kappa shape index (κ3) is 8.10. The summed E-state index contributed by atoms with van der Waals surface area (Å²) in [4.78, 5) is 67.6. The molecule has 5 aliphatic rings. The molecule has 4 amide bonds. The number of amides is 4. The Morgan fingerprint density at radius 3 is 2.44 bits per heavy atom. The Kier molecular flexibility index (Phi) is 10.5. The molecule has 4 fully saturated rings. The van der Waals surface area contributed by atoms with Crippen LogP contribution >= 0.6 is 0 Å². The van der Waals surface area contributed by atoms with Crippen molar-refractivity contribution in [3.05, 3.63) is 72.8 Å². The average molecular weight is 824 g/mol. The van der Waals surface area contributed by atoms with Gasteiger partial charge < -0.3 is 25.0 Å². The van der Waals surface area contributed by atoms with E-state index in [1.165, 1.54) is 4.90 Å². The largest absolute Gasteiger partial charge is 0.473 e. The van der Waals surface area contributed by atoms with Gasteiger partial charge in [0.05, 0.1) is 28.5 Å². The Bertz CT molecular complexity index is 2410. The Morgan fingerprint density at radius 2 is 1.64 bits per heavy atom. The molecule has 16 heteroatoms. The average Bonchev–Trinajstić information content (AvgIpc) is 4.03. The zero-order valence-corrected chi connectivity index (χ0v) is 33.6. The first-order chi connectivity index (χ1) is 28.6. The number of nitrogens with zero attached hydrogens (tertiary/aromatic N) is 4. The van der Waals surface area contributed by atoms with Crippen molar-refractivity contribution < 1.29 is 37.1 Å². The van der Waals surface area contributed by atoms with E-state index in [0.29, 0.717) is 55.0 Å². The normalized spacial score (nSPS) is 27.2.